The lowest BCUT2D eigenvalue weighted by atomic mass is 9.97. The predicted octanol–water partition coefficient (Wildman–Crippen LogP) is 2.78. The highest BCUT2D eigenvalue weighted by Gasteiger charge is 2.29. The van der Waals surface area contributed by atoms with Gasteiger partial charge in [0.15, 0.2) is 0 Å². The van der Waals surface area contributed by atoms with Crippen LogP contribution in [0.15, 0.2) is 18.2 Å². The molecule has 2 rings (SSSR count). The molecule has 0 saturated heterocycles. The van der Waals surface area contributed by atoms with Crippen molar-refractivity contribution in [2.75, 3.05) is 11.1 Å². The van der Waals surface area contributed by atoms with Crippen LogP contribution in [0.1, 0.15) is 26.2 Å². The molecule has 0 radical (unpaired) electrons. The van der Waals surface area contributed by atoms with Crippen molar-refractivity contribution in [1.82, 2.24) is 0 Å². The number of amides is 1. The largest absolute Gasteiger partial charge is 0.397 e. The second-order valence-electron chi connectivity index (χ2n) is 4.74. The van der Waals surface area contributed by atoms with Crippen LogP contribution in [0.3, 0.4) is 0 Å². The lowest BCUT2D eigenvalue weighted by molar-refractivity contribution is -0.120. The van der Waals surface area contributed by atoms with Crippen LogP contribution >= 0.6 is 0 Å². The zero-order valence-electron chi connectivity index (χ0n) is 9.87. The number of rotatable bonds is 2. The Labute approximate surface area is 100 Å². The molecule has 1 aliphatic carbocycles. The Balaban J connectivity index is 2.10. The van der Waals surface area contributed by atoms with Gasteiger partial charge >= 0.3 is 0 Å². The fourth-order valence-electron chi connectivity index (χ4n) is 2.40. The highest BCUT2D eigenvalue weighted by Crippen LogP contribution is 2.32. The number of nitrogens with one attached hydrogen (secondary N) is 1. The van der Waals surface area contributed by atoms with Crippen LogP contribution in [0.4, 0.5) is 15.8 Å². The molecule has 4 heteroatoms. The minimum Gasteiger partial charge on any atom is -0.397 e. The lowest BCUT2D eigenvalue weighted by Crippen LogP contribution is -2.25. The van der Waals surface area contributed by atoms with E-state index in [1.807, 2.05) is 0 Å². The summed E-state index contributed by atoms with van der Waals surface area (Å²) in [5.41, 5.74) is 6.45. The quantitative estimate of drug-likeness (QED) is 0.776. The molecule has 2 unspecified atom stereocenters. The van der Waals surface area contributed by atoms with Crippen LogP contribution in [-0.4, -0.2) is 5.91 Å². The summed E-state index contributed by atoms with van der Waals surface area (Å²) in [5, 5.41) is 2.72. The summed E-state index contributed by atoms with van der Waals surface area (Å²) in [5.74, 6) is -0.0243. The molecule has 3 N–H and O–H groups in total. The van der Waals surface area contributed by atoms with Crippen LogP contribution in [0.25, 0.3) is 0 Å². The number of carbonyl (C=O) groups excluding carboxylic acids is 1. The summed E-state index contributed by atoms with van der Waals surface area (Å²) in [6.45, 7) is 2.08. The minimum absolute atomic E-state index is 0.0256. The zero-order chi connectivity index (χ0) is 12.4. The monoisotopic (exact) mass is 236 g/mol. The molecule has 1 saturated carbocycles. The van der Waals surface area contributed by atoms with E-state index in [0.29, 0.717) is 17.3 Å². The average molecular weight is 236 g/mol. The number of carbonyl (C=O) groups is 1. The molecule has 1 aromatic rings. The molecule has 0 bridgehead atoms. The van der Waals surface area contributed by atoms with E-state index in [1.54, 1.807) is 0 Å². The van der Waals surface area contributed by atoms with Crippen LogP contribution in [0.5, 0.6) is 0 Å². The topological polar surface area (TPSA) is 55.1 Å². The SMILES string of the molecule is CC1CCCC1C(=O)Nc1cc(F)ccc1N. The van der Waals surface area contributed by atoms with Gasteiger partial charge in [-0.1, -0.05) is 13.3 Å². The molecule has 3 nitrogen and oxygen atoms in total. The third-order valence-corrected chi connectivity index (χ3v) is 3.47. The van der Waals surface area contributed by atoms with Gasteiger partial charge in [-0.2, -0.15) is 0 Å². The number of hydrogen-bond acceptors (Lipinski definition) is 2. The Bertz CT molecular complexity index is 433. The Morgan fingerprint density at radius 2 is 2.24 bits per heavy atom. The van der Waals surface area contributed by atoms with E-state index < -0.39 is 5.82 Å². The number of benzene rings is 1. The molecule has 0 aromatic heterocycles. The van der Waals surface area contributed by atoms with Gasteiger partial charge in [0.1, 0.15) is 5.82 Å². The van der Waals surface area contributed by atoms with Gasteiger partial charge in [-0.3, -0.25) is 4.79 Å². The molecule has 1 fully saturated rings. The summed E-state index contributed by atoms with van der Waals surface area (Å²) < 4.78 is 13.0. The van der Waals surface area contributed by atoms with E-state index in [2.05, 4.69) is 12.2 Å². The Hall–Kier alpha value is -1.58. The van der Waals surface area contributed by atoms with E-state index in [-0.39, 0.29) is 11.8 Å². The number of anilines is 2. The van der Waals surface area contributed by atoms with Gasteiger partial charge in [0, 0.05) is 5.92 Å². The molecule has 0 spiro atoms. The number of nitrogens with two attached hydrogens (primary N) is 1. The molecular formula is C13H17FN2O. The Morgan fingerprint density at radius 3 is 2.88 bits per heavy atom. The van der Waals surface area contributed by atoms with E-state index in [9.17, 15) is 9.18 Å². The molecule has 0 aliphatic heterocycles. The first-order chi connectivity index (χ1) is 8.08. The summed E-state index contributed by atoms with van der Waals surface area (Å²) >= 11 is 0. The highest BCUT2D eigenvalue weighted by atomic mass is 19.1. The van der Waals surface area contributed by atoms with Crippen molar-refractivity contribution in [2.24, 2.45) is 11.8 Å². The molecular weight excluding hydrogens is 219 g/mol. The first-order valence-electron chi connectivity index (χ1n) is 5.94. The number of nitrogen functional groups attached to an aromatic ring is 1. The van der Waals surface area contributed by atoms with Gasteiger partial charge in [-0.05, 0) is 37.0 Å². The zero-order valence-corrected chi connectivity index (χ0v) is 9.87. The third kappa shape index (κ3) is 2.57. The second-order valence-corrected chi connectivity index (χ2v) is 4.74. The maximum absolute atomic E-state index is 13.0. The van der Waals surface area contributed by atoms with Crippen molar-refractivity contribution >= 4 is 17.3 Å². The van der Waals surface area contributed by atoms with Gasteiger partial charge < -0.3 is 11.1 Å². The molecule has 92 valence electrons. The van der Waals surface area contributed by atoms with Crippen molar-refractivity contribution in [3.63, 3.8) is 0 Å². The van der Waals surface area contributed by atoms with Crippen LogP contribution in [-0.2, 0) is 4.79 Å². The molecule has 1 amide bonds. The van der Waals surface area contributed by atoms with Crippen molar-refractivity contribution in [3.05, 3.63) is 24.0 Å². The maximum atomic E-state index is 13.0. The first kappa shape index (κ1) is 11.9. The van der Waals surface area contributed by atoms with Crippen molar-refractivity contribution < 1.29 is 9.18 Å². The van der Waals surface area contributed by atoms with E-state index in [4.69, 9.17) is 5.73 Å². The maximum Gasteiger partial charge on any atom is 0.227 e. The van der Waals surface area contributed by atoms with E-state index in [1.165, 1.54) is 18.2 Å². The molecule has 2 atom stereocenters. The molecule has 1 aliphatic rings. The second kappa shape index (κ2) is 4.73. The molecule has 17 heavy (non-hydrogen) atoms. The fourth-order valence-corrected chi connectivity index (χ4v) is 2.40. The predicted molar refractivity (Wildman–Crippen MR) is 65.9 cm³/mol. The molecule has 0 heterocycles. The van der Waals surface area contributed by atoms with Gasteiger partial charge in [-0.15, -0.1) is 0 Å². The summed E-state index contributed by atoms with van der Waals surface area (Å²) in [6.07, 6.45) is 3.07. The average Bonchev–Trinajstić information content (AvgIpc) is 2.70. The standard InChI is InChI=1S/C13H17FN2O/c1-8-3-2-4-10(8)13(17)16-12-7-9(14)5-6-11(12)15/h5-8,10H,2-4,15H2,1H3,(H,16,17). The normalized spacial score (nSPS) is 23.6. The van der Waals surface area contributed by atoms with Gasteiger partial charge in [0.05, 0.1) is 11.4 Å². The van der Waals surface area contributed by atoms with E-state index >= 15 is 0 Å². The Morgan fingerprint density at radius 1 is 1.47 bits per heavy atom. The van der Waals surface area contributed by atoms with Gasteiger partial charge in [0.2, 0.25) is 5.91 Å². The van der Waals surface area contributed by atoms with Crippen LogP contribution in [0, 0.1) is 17.7 Å². The van der Waals surface area contributed by atoms with E-state index in [0.717, 1.165) is 19.3 Å². The van der Waals surface area contributed by atoms with Gasteiger partial charge in [0.25, 0.3) is 0 Å². The van der Waals surface area contributed by atoms with Crippen molar-refractivity contribution in [2.45, 2.75) is 26.2 Å². The molecule has 1 aromatic carbocycles. The highest BCUT2D eigenvalue weighted by molar-refractivity contribution is 5.95. The Kier molecular flexibility index (Phi) is 3.31. The summed E-state index contributed by atoms with van der Waals surface area (Å²) in [7, 11) is 0. The number of halogens is 1. The summed E-state index contributed by atoms with van der Waals surface area (Å²) in [4.78, 5) is 12.0. The lowest BCUT2D eigenvalue weighted by Gasteiger charge is -2.16. The van der Waals surface area contributed by atoms with Crippen molar-refractivity contribution in [1.29, 1.82) is 0 Å². The minimum atomic E-state index is -0.394. The van der Waals surface area contributed by atoms with Crippen LogP contribution in [0.2, 0.25) is 0 Å². The smallest absolute Gasteiger partial charge is 0.227 e. The van der Waals surface area contributed by atoms with Crippen LogP contribution < -0.4 is 11.1 Å². The van der Waals surface area contributed by atoms with Gasteiger partial charge in [-0.25, -0.2) is 4.39 Å². The first-order valence-corrected chi connectivity index (χ1v) is 5.94. The van der Waals surface area contributed by atoms with Crippen molar-refractivity contribution in [3.8, 4) is 0 Å². The number of hydrogen-bond donors (Lipinski definition) is 2. The third-order valence-electron chi connectivity index (χ3n) is 3.47. The fraction of sp³-hybridized carbons (Fsp3) is 0.462. The summed E-state index contributed by atoms with van der Waals surface area (Å²) in [6, 6.07) is 4.00.